The standard InChI is InChI=1S/C15H19ClN2S/c1-3-4-18-15(8-14-9-17-10-19-14)12-5-11(2)6-13(16)7-12/h5-7,9-10,15,18H,3-4,8H2,1-2H3. The molecule has 1 aromatic carbocycles. The van der Waals surface area contributed by atoms with Crippen molar-refractivity contribution in [2.24, 2.45) is 0 Å². The first kappa shape index (κ1) is 14.5. The van der Waals surface area contributed by atoms with Gasteiger partial charge in [-0.05, 0) is 43.1 Å². The normalized spacial score (nSPS) is 12.6. The monoisotopic (exact) mass is 294 g/mol. The SMILES string of the molecule is CCCNC(Cc1cncs1)c1cc(C)cc(Cl)c1. The maximum atomic E-state index is 6.17. The smallest absolute Gasteiger partial charge is 0.0794 e. The molecule has 0 saturated carbocycles. The predicted octanol–water partition coefficient (Wildman–Crippen LogP) is 4.39. The van der Waals surface area contributed by atoms with Crippen LogP contribution in [0.5, 0.6) is 0 Å². The number of hydrogen-bond donors (Lipinski definition) is 1. The summed E-state index contributed by atoms with van der Waals surface area (Å²) < 4.78 is 0. The van der Waals surface area contributed by atoms with Crippen LogP contribution in [0.15, 0.2) is 29.9 Å². The zero-order chi connectivity index (χ0) is 13.7. The largest absolute Gasteiger partial charge is 0.310 e. The van der Waals surface area contributed by atoms with Crippen molar-refractivity contribution in [3.8, 4) is 0 Å². The number of hydrogen-bond acceptors (Lipinski definition) is 3. The van der Waals surface area contributed by atoms with Crippen LogP contribution in [0.2, 0.25) is 5.02 Å². The van der Waals surface area contributed by atoms with Crippen molar-refractivity contribution in [2.45, 2.75) is 32.7 Å². The van der Waals surface area contributed by atoms with Gasteiger partial charge in [0.15, 0.2) is 0 Å². The maximum Gasteiger partial charge on any atom is 0.0794 e. The number of thiazole rings is 1. The van der Waals surface area contributed by atoms with E-state index in [1.165, 1.54) is 16.0 Å². The van der Waals surface area contributed by atoms with E-state index in [9.17, 15) is 0 Å². The summed E-state index contributed by atoms with van der Waals surface area (Å²) in [6, 6.07) is 6.57. The van der Waals surface area contributed by atoms with Gasteiger partial charge in [-0.2, -0.15) is 0 Å². The van der Waals surface area contributed by atoms with Crippen molar-refractivity contribution in [3.63, 3.8) is 0 Å². The molecule has 0 amide bonds. The summed E-state index contributed by atoms with van der Waals surface area (Å²) in [6.45, 7) is 5.27. The van der Waals surface area contributed by atoms with Gasteiger partial charge in [0.25, 0.3) is 0 Å². The highest BCUT2D eigenvalue weighted by Gasteiger charge is 2.13. The molecule has 0 fully saturated rings. The first-order valence-corrected chi connectivity index (χ1v) is 7.82. The van der Waals surface area contributed by atoms with Gasteiger partial charge in [-0.25, -0.2) is 0 Å². The molecule has 0 aliphatic heterocycles. The highest BCUT2D eigenvalue weighted by Crippen LogP contribution is 2.24. The Hall–Kier alpha value is -0.900. The van der Waals surface area contributed by atoms with Crippen LogP contribution in [0.1, 0.15) is 35.4 Å². The summed E-state index contributed by atoms with van der Waals surface area (Å²) in [6.07, 6.45) is 4.03. The molecule has 1 N–H and O–H groups in total. The van der Waals surface area contributed by atoms with Gasteiger partial charge in [0.05, 0.1) is 5.51 Å². The number of benzene rings is 1. The molecule has 0 radical (unpaired) electrons. The zero-order valence-corrected chi connectivity index (χ0v) is 12.9. The van der Waals surface area contributed by atoms with Gasteiger partial charge in [-0.3, -0.25) is 4.98 Å². The molecule has 2 rings (SSSR count). The summed E-state index contributed by atoms with van der Waals surface area (Å²) in [7, 11) is 0. The zero-order valence-electron chi connectivity index (χ0n) is 11.3. The van der Waals surface area contributed by atoms with Crippen LogP contribution in [0.3, 0.4) is 0 Å². The van der Waals surface area contributed by atoms with Crippen LogP contribution < -0.4 is 5.32 Å². The van der Waals surface area contributed by atoms with Crippen molar-refractivity contribution in [1.29, 1.82) is 0 Å². The average molecular weight is 295 g/mol. The van der Waals surface area contributed by atoms with E-state index in [4.69, 9.17) is 11.6 Å². The molecule has 0 aliphatic carbocycles. The highest BCUT2D eigenvalue weighted by atomic mass is 35.5. The van der Waals surface area contributed by atoms with Crippen LogP contribution in [0.25, 0.3) is 0 Å². The number of nitrogens with zero attached hydrogens (tertiary/aromatic N) is 1. The molecule has 102 valence electrons. The van der Waals surface area contributed by atoms with Gasteiger partial charge < -0.3 is 5.32 Å². The minimum absolute atomic E-state index is 0.304. The van der Waals surface area contributed by atoms with E-state index in [2.05, 4.69) is 36.3 Å². The van der Waals surface area contributed by atoms with Gasteiger partial charge in [0, 0.05) is 28.6 Å². The quantitative estimate of drug-likeness (QED) is 0.855. The maximum absolute atomic E-state index is 6.17. The van der Waals surface area contributed by atoms with Gasteiger partial charge in [0.1, 0.15) is 0 Å². The number of halogens is 1. The Bertz CT molecular complexity index is 491. The molecule has 0 saturated heterocycles. The van der Waals surface area contributed by atoms with E-state index in [-0.39, 0.29) is 0 Å². The van der Waals surface area contributed by atoms with Crippen molar-refractivity contribution in [2.75, 3.05) is 6.54 Å². The van der Waals surface area contributed by atoms with Crippen LogP contribution in [-0.2, 0) is 6.42 Å². The van der Waals surface area contributed by atoms with E-state index in [0.29, 0.717) is 6.04 Å². The summed E-state index contributed by atoms with van der Waals surface area (Å²) >= 11 is 7.88. The number of nitrogens with one attached hydrogen (secondary N) is 1. The van der Waals surface area contributed by atoms with Crippen molar-refractivity contribution in [1.82, 2.24) is 10.3 Å². The van der Waals surface area contributed by atoms with Gasteiger partial charge in [0.2, 0.25) is 0 Å². The number of aromatic nitrogens is 1. The van der Waals surface area contributed by atoms with E-state index in [0.717, 1.165) is 24.4 Å². The lowest BCUT2D eigenvalue weighted by Crippen LogP contribution is -2.24. The third-order valence-electron chi connectivity index (χ3n) is 3.00. The van der Waals surface area contributed by atoms with E-state index < -0.39 is 0 Å². The van der Waals surface area contributed by atoms with Crippen molar-refractivity contribution in [3.05, 3.63) is 50.9 Å². The van der Waals surface area contributed by atoms with Crippen LogP contribution in [0.4, 0.5) is 0 Å². The molecule has 0 bridgehead atoms. The van der Waals surface area contributed by atoms with Crippen LogP contribution in [-0.4, -0.2) is 11.5 Å². The third-order valence-corrected chi connectivity index (χ3v) is 4.02. The lowest BCUT2D eigenvalue weighted by Gasteiger charge is -2.19. The van der Waals surface area contributed by atoms with Gasteiger partial charge >= 0.3 is 0 Å². The molecular weight excluding hydrogens is 276 g/mol. The molecular formula is C15H19ClN2S. The summed E-state index contributed by atoms with van der Waals surface area (Å²) in [5.41, 5.74) is 4.34. The molecule has 1 unspecified atom stereocenters. The Morgan fingerprint density at radius 3 is 2.84 bits per heavy atom. The number of aryl methyl sites for hydroxylation is 1. The fourth-order valence-corrected chi connectivity index (χ4v) is 3.08. The fraction of sp³-hybridized carbons (Fsp3) is 0.400. The van der Waals surface area contributed by atoms with E-state index in [1.54, 1.807) is 11.3 Å². The Kier molecular flexibility index (Phi) is 5.37. The molecule has 1 heterocycles. The van der Waals surface area contributed by atoms with Crippen molar-refractivity contribution >= 4 is 22.9 Å². The molecule has 19 heavy (non-hydrogen) atoms. The molecule has 0 aliphatic rings. The fourth-order valence-electron chi connectivity index (χ4n) is 2.14. The number of rotatable bonds is 6. The average Bonchev–Trinajstić information content (AvgIpc) is 2.86. The summed E-state index contributed by atoms with van der Waals surface area (Å²) in [5, 5.41) is 4.41. The molecule has 1 aromatic heterocycles. The highest BCUT2D eigenvalue weighted by molar-refractivity contribution is 7.09. The van der Waals surface area contributed by atoms with Crippen LogP contribution in [0, 0.1) is 6.92 Å². The Morgan fingerprint density at radius 2 is 2.21 bits per heavy atom. The van der Waals surface area contributed by atoms with Gasteiger partial charge in [-0.1, -0.05) is 24.6 Å². The predicted molar refractivity (Wildman–Crippen MR) is 83.0 cm³/mol. The second kappa shape index (κ2) is 7.04. The minimum atomic E-state index is 0.304. The summed E-state index contributed by atoms with van der Waals surface area (Å²) in [4.78, 5) is 5.45. The van der Waals surface area contributed by atoms with Gasteiger partial charge in [-0.15, -0.1) is 11.3 Å². The lowest BCUT2D eigenvalue weighted by atomic mass is 10.0. The minimum Gasteiger partial charge on any atom is -0.310 e. The Balaban J connectivity index is 2.20. The Labute approximate surface area is 123 Å². The molecule has 0 spiro atoms. The van der Waals surface area contributed by atoms with E-state index >= 15 is 0 Å². The third kappa shape index (κ3) is 4.30. The molecule has 1 atom stereocenters. The Morgan fingerprint density at radius 1 is 1.37 bits per heavy atom. The lowest BCUT2D eigenvalue weighted by molar-refractivity contribution is 0.532. The van der Waals surface area contributed by atoms with Crippen LogP contribution >= 0.6 is 22.9 Å². The van der Waals surface area contributed by atoms with E-state index in [1.807, 2.05) is 17.8 Å². The molecule has 2 aromatic rings. The topological polar surface area (TPSA) is 24.9 Å². The molecule has 2 nitrogen and oxygen atoms in total. The first-order valence-electron chi connectivity index (χ1n) is 6.57. The molecule has 4 heteroatoms. The summed E-state index contributed by atoms with van der Waals surface area (Å²) in [5.74, 6) is 0. The second-order valence-electron chi connectivity index (χ2n) is 4.74. The first-order chi connectivity index (χ1) is 9.19. The van der Waals surface area contributed by atoms with Crippen molar-refractivity contribution < 1.29 is 0 Å². The second-order valence-corrected chi connectivity index (χ2v) is 6.15.